The van der Waals surface area contributed by atoms with Crippen LogP contribution in [0.15, 0.2) is 47.7 Å². The standard InChI is InChI=1S/C22H25N3O2/c1-12-6-9-18(15(4)10-12)24-21(26)19-16(5)23-22(27)25-20(19)17-8-7-13(2)14(3)11-17/h6-11,20H,1-5H3,(H,24,26)(H2,23,25,27). The molecule has 0 saturated carbocycles. The molecule has 2 aromatic rings. The van der Waals surface area contributed by atoms with E-state index in [1.165, 1.54) is 5.56 Å². The molecular weight excluding hydrogens is 338 g/mol. The summed E-state index contributed by atoms with van der Waals surface area (Å²) in [7, 11) is 0. The van der Waals surface area contributed by atoms with Gasteiger partial charge in [0.2, 0.25) is 0 Å². The van der Waals surface area contributed by atoms with Crippen LogP contribution in [-0.4, -0.2) is 11.9 Å². The normalized spacial score (nSPS) is 16.6. The molecule has 0 spiro atoms. The fraction of sp³-hybridized carbons (Fsp3) is 0.273. The van der Waals surface area contributed by atoms with Crippen molar-refractivity contribution in [3.63, 3.8) is 0 Å². The fourth-order valence-corrected chi connectivity index (χ4v) is 3.33. The third kappa shape index (κ3) is 3.87. The van der Waals surface area contributed by atoms with Crippen LogP contribution in [-0.2, 0) is 4.79 Å². The zero-order valence-corrected chi connectivity index (χ0v) is 16.4. The maximum Gasteiger partial charge on any atom is 0.319 e. The molecule has 0 radical (unpaired) electrons. The molecule has 27 heavy (non-hydrogen) atoms. The molecule has 5 nitrogen and oxygen atoms in total. The summed E-state index contributed by atoms with van der Waals surface area (Å²) < 4.78 is 0. The summed E-state index contributed by atoms with van der Waals surface area (Å²) in [5, 5.41) is 8.59. The van der Waals surface area contributed by atoms with Gasteiger partial charge < -0.3 is 16.0 Å². The number of nitrogens with one attached hydrogen (secondary N) is 3. The minimum Gasteiger partial charge on any atom is -0.327 e. The monoisotopic (exact) mass is 363 g/mol. The second-order valence-corrected chi connectivity index (χ2v) is 7.19. The topological polar surface area (TPSA) is 70.2 Å². The van der Waals surface area contributed by atoms with Gasteiger partial charge in [0.15, 0.2) is 0 Å². The van der Waals surface area contributed by atoms with Gasteiger partial charge in [-0.1, -0.05) is 35.9 Å². The zero-order valence-electron chi connectivity index (χ0n) is 16.4. The highest BCUT2D eigenvalue weighted by atomic mass is 16.2. The van der Waals surface area contributed by atoms with Crippen LogP contribution in [0.4, 0.5) is 10.5 Å². The molecule has 140 valence electrons. The Balaban J connectivity index is 1.98. The first-order valence-corrected chi connectivity index (χ1v) is 9.00. The van der Waals surface area contributed by atoms with Gasteiger partial charge in [0, 0.05) is 11.4 Å². The van der Waals surface area contributed by atoms with E-state index in [4.69, 9.17) is 0 Å². The first-order valence-electron chi connectivity index (χ1n) is 9.00. The van der Waals surface area contributed by atoms with Crippen molar-refractivity contribution in [1.29, 1.82) is 0 Å². The van der Waals surface area contributed by atoms with E-state index in [1.54, 1.807) is 6.92 Å². The molecule has 1 aliphatic heterocycles. The molecule has 0 saturated heterocycles. The summed E-state index contributed by atoms with van der Waals surface area (Å²) in [5.74, 6) is -0.227. The predicted octanol–water partition coefficient (Wildman–Crippen LogP) is 4.19. The molecule has 1 aliphatic rings. The van der Waals surface area contributed by atoms with Crippen LogP contribution < -0.4 is 16.0 Å². The van der Waals surface area contributed by atoms with Crippen LogP contribution >= 0.6 is 0 Å². The molecule has 1 unspecified atom stereocenters. The van der Waals surface area contributed by atoms with Crippen molar-refractivity contribution in [3.8, 4) is 0 Å². The minimum absolute atomic E-state index is 0.227. The van der Waals surface area contributed by atoms with Crippen LogP contribution in [0.2, 0.25) is 0 Å². The number of anilines is 1. The molecule has 0 fully saturated rings. The van der Waals surface area contributed by atoms with Crippen molar-refractivity contribution >= 4 is 17.6 Å². The molecule has 0 aromatic heterocycles. The summed E-state index contributed by atoms with van der Waals surface area (Å²) in [6.45, 7) is 9.79. The number of carbonyl (C=O) groups excluding carboxylic acids is 2. The Kier molecular flexibility index (Phi) is 5.04. The van der Waals surface area contributed by atoms with Crippen LogP contribution in [0.25, 0.3) is 0 Å². The smallest absolute Gasteiger partial charge is 0.319 e. The first-order chi connectivity index (χ1) is 12.8. The maximum atomic E-state index is 13.1. The van der Waals surface area contributed by atoms with E-state index >= 15 is 0 Å². The molecule has 3 rings (SSSR count). The molecule has 2 aromatic carbocycles. The second kappa shape index (κ2) is 7.27. The molecular formula is C22H25N3O2. The van der Waals surface area contributed by atoms with Crippen LogP contribution in [0.1, 0.15) is 40.8 Å². The quantitative estimate of drug-likeness (QED) is 0.765. The van der Waals surface area contributed by atoms with Gasteiger partial charge in [0.1, 0.15) is 0 Å². The number of urea groups is 1. The second-order valence-electron chi connectivity index (χ2n) is 7.19. The number of benzene rings is 2. The average Bonchev–Trinajstić information content (AvgIpc) is 2.59. The van der Waals surface area contributed by atoms with Crippen molar-refractivity contribution in [2.24, 2.45) is 0 Å². The lowest BCUT2D eigenvalue weighted by Crippen LogP contribution is -2.46. The summed E-state index contributed by atoms with van der Waals surface area (Å²) in [6.07, 6.45) is 0. The summed E-state index contributed by atoms with van der Waals surface area (Å²) in [6, 6.07) is 11.1. The molecule has 3 N–H and O–H groups in total. The van der Waals surface area contributed by atoms with Gasteiger partial charge in [0.25, 0.3) is 5.91 Å². The van der Waals surface area contributed by atoms with E-state index in [0.717, 1.165) is 27.9 Å². The Morgan fingerprint density at radius 3 is 2.33 bits per heavy atom. The van der Waals surface area contributed by atoms with Crippen molar-refractivity contribution in [3.05, 3.63) is 75.5 Å². The van der Waals surface area contributed by atoms with E-state index in [1.807, 2.05) is 64.1 Å². The maximum absolute atomic E-state index is 13.1. The Morgan fingerprint density at radius 1 is 0.926 bits per heavy atom. The van der Waals surface area contributed by atoms with Gasteiger partial charge in [-0.15, -0.1) is 0 Å². The minimum atomic E-state index is -0.496. The highest BCUT2D eigenvalue weighted by molar-refractivity contribution is 6.07. The van der Waals surface area contributed by atoms with E-state index in [9.17, 15) is 9.59 Å². The van der Waals surface area contributed by atoms with E-state index < -0.39 is 6.04 Å². The molecule has 5 heteroatoms. The van der Waals surface area contributed by atoms with Gasteiger partial charge in [-0.3, -0.25) is 4.79 Å². The molecule has 1 heterocycles. The zero-order chi connectivity index (χ0) is 19.7. The molecule has 3 amide bonds. The fourth-order valence-electron chi connectivity index (χ4n) is 3.33. The number of hydrogen-bond acceptors (Lipinski definition) is 2. The number of aryl methyl sites for hydroxylation is 4. The highest BCUT2D eigenvalue weighted by Crippen LogP contribution is 2.29. The number of amides is 3. The lowest BCUT2D eigenvalue weighted by molar-refractivity contribution is -0.113. The Bertz CT molecular complexity index is 960. The van der Waals surface area contributed by atoms with Gasteiger partial charge in [0.05, 0.1) is 11.6 Å². The van der Waals surface area contributed by atoms with Crippen molar-refractivity contribution < 1.29 is 9.59 Å². The van der Waals surface area contributed by atoms with Crippen LogP contribution in [0, 0.1) is 27.7 Å². The van der Waals surface area contributed by atoms with Crippen LogP contribution in [0.3, 0.4) is 0 Å². The van der Waals surface area contributed by atoms with E-state index in [-0.39, 0.29) is 11.9 Å². The van der Waals surface area contributed by atoms with Gasteiger partial charge in [-0.2, -0.15) is 0 Å². The summed E-state index contributed by atoms with van der Waals surface area (Å²) >= 11 is 0. The number of rotatable bonds is 3. The van der Waals surface area contributed by atoms with Crippen LogP contribution in [0.5, 0.6) is 0 Å². The number of allylic oxidation sites excluding steroid dienone is 1. The van der Waals surface area contributed by atoms with Crippen molar-refractivity contribution in [2.45, 2.75) is 40.7 Å². The Labute approximate surface area is 159 Å². The molecule has 0 aliphatic carbocycles. The first kappa shape index (κ1) is 18.7. The van der Waals surface area contributed by atoms with Gasteiger partial charge in [-0.25, -0.2) is 4.79 Å². The molecule has 1 atom stereocenters. The van der Waals surface area contributed by atoms with Gasteiger partial charge in [-0.05, 0) is 62.9 Å². The largest absolute Gasteiger partial charge is 0.327 e. The molecule has 0 bridgehead atoms. The predicted molar refractivity (Wildman–Crippen MR) is 108 cm³/mol. The van der Waals surface area contributed by atoms with E-state index in [0.29, 0.717) is 11.3 Å². The highest BCUT2D eigenvalue weighted by Gasteiger charge is 2.31. The third-order valence-electron chi connectivity index (χ3n) is 5.01. The van der Waals surface area contributed by atoms with Gasteiger partial charge >= 0.3 is 6.03 Å². The SMILES string of the molecule is CC1=C(C(=O)Nc2ccc(C)cc2C)C(c2ccc(C)c(C)c2)NC(=O)N1. The van der Waals surface area contributed by atoms with Crippen molar-refractivity contribution in [1.82, 2.24) is 10.6 Å². The summed E-state index contributed by atoms with van der Waals surface area (Å²) in [5.41, 5.74) is 7.15. The lowest BCUT2D eigenvalue weighted by Gasteiger charge is -2.29. The summed E-state index contributed by atoms with van der Waals surface area (Å²) in [4.78, 5) is 25.1. The average molecular weight is 363 g/mol. The lowest BCUT2D eigenvalue weighted by atomic mass is 9.92. The van der Waals surface area contributed by atoms with Crippen molar-refractivity contribution in [2.75, 3.05) is 5.32 Å². The Morgan fingerprint density at radius 2 is 1.67 bits per heavy atom. The Hall–Kier alpha value is -3.08. The number of carbonyl (C=O) groups is 2. The third-order valence-corrected chi connectivity index (χ3v) is 5.01. The number of hydrogen-bond donors (Lipinski definition) is 3. The van der Waals surface area contributed by atoms with E-state index in [2.05, 4.69) is 16.0 Å².